The van der Waals surface area contributed by atoms with Gasteiger partial charge in [-0.1, -0.05) is 79.7 Å². The molecule has 3 nitrogen and oxygen atoms in total. The van der Waals surface area contributed by atoms with Gasteiger partial charge in [0, 0.05) is 0 Å². The van der Waals surface area contributed by atoms with Crippen molar-refractivity contribution < 1.29 is 0 Å². The number of aryl methyl sites for hydroxylation is 1. The number of rotatable bonds is 14. The van der Waals surface area contributed by atoms with Gasteiger partial charge in [0.25, 0.3) is 0 Å². The summed E-state index contributed by atoms with van der Waals surface area (Å²) in [6, 6.07) is 20.4. The van der Waals surface area contributed by atoms with E-state index in [0.717, 1.165) is 25.7 Å². The minimum Gasteiger partial charge on any atom is -0.301 e. The third kappa shape index (κ3) is 7.26. The Bertz CT molecular complexity index is 850. The van der Waals surface area contributed by atoms with Crippen LogP contribution in [0.4, 0.5) is 0 Å². The van der Waals surface area contributed by atoms with Crippen molar-refractivity contribution in [2.24, 2.45) is 5.92 Å². The second-order valence-corrected chi connectivity index (χ2v) is 14.7. The van der Waals surface area contributed by atoms with Crippen molar-refractivity contribution in [1.29, 1.82) is 0 Å². The zero-order valence-electron chi connectivity index (χ0n) is 22.7. The average molecular weight is 478 g/mol. The zero-order chi connectivity index (χ0) is 25.1. The molecular weight excluding hydrogens is 430 g/mol. The van der Waals surface area contributed by atoms with Crippen LogP contribution in [0.5, 0.6) is 0 Å². The van der Waals surface area contributed by atoms with E-state index in [-0.39, 0.29) is 0 Å². The molecule has 0 saturated heterocycles. The molecule has 2 aromatic carbocycles. The molecule has 0 bridgehead atoms. The molecule has 0 amide bonds. The molecule has 0 spiro atoms. The fraction of sp³-hybridized carbons (Fsp3) is 0.467. The first-order valence-electron chi connectivity index (χ1n) is 12.7. The summed E-state index contributed by atoms with van der Waals surface area (Å²) in [5, 5.41) is 1.42. The number of hydrogen-bond acceptors (Lipinski definition) is 3. The molecule has 0 radical (unpaired) electrons. The summed E-state index contributed by atoms with van der Waals surface area (Å²) in [5.74, 6) is 1.14. The topological polar surface area (TPSA) is 9.72 Å². The predicted octanol–water partition coefficient (Wildman–Crippen LogP) is 5.78. The van der Waals surface area contributed by atoms with Gasteiger partial charge in [-0.25, -0.2) is 0 Å². The van der Waals surface area contributed by atoms with E-state index < -0.39 is 8.56 Å². The molecule has 186 valence electrons. The van der Waals surface area contributed by atoms with Crippen LogP contribution in [0.15, 0.2) is 79.4 Å². The Labute approximate surface area is 211 Å². The van der Waals surface area contributed by atoms with E-state index in [1.807, 2.05) is 6.08 Å². The first-order chi connectivity index (χ1) is 16.2. The van der Waals surface area contributed by atoms with E-state index in [0.29, 0.717) is 11.8 Å². The third-order valence-electron chi connectivity index (χ3n) is 7.04. The normalized spacial score (nSPS) is 14.3. The molecular formula is C30H47N3Si. The van der Waals surface area contributed by atoms with Crippen LogP contribution in [0.25, 0.3) is 0 Å². The summed E-state index contributed by atoms with van der Waals surface area (Å²) in [7, 11) is 11.2. The lowest BCUT2D eigenvalue weighted by atomic mass is 9.89. The molecule has 0 saturated carbocycles. The lowest BCUT2D eigenvalue weighted by Crippen LogP contribution is -2.76. The Morgan fingerprint density at radius 3 is 1.91 bits per heavy atom. The van der Waals surface area contributed by atoms with Gasteiger partial charge in [0.2, 0.25) is 0 Å². The van der Waals surface area contributed by atoms with Crippen LogP contribution in [0.2, 0.25) is 0 Å². The lowest BCUT2D eigenvalue weighted by Gasteiger charge is -2.46. The lowest BCUT2D eigenvalue weighted by molar-refractivity contribution is 0.396. The molecule has 0 aliphatic rings. The first kappa shape index (κ1) is 28.3. The SMILES string of the molecule is C=CC(C)CC/C=C/CC(CCc1ccc([Si](N(C)C)(N(C)C)N(C)C)cc1)c1ccccc1. The Balaban J connectivity index is 2.11. The van der Waals surface area contributed by atoms with Crippen molar-refractivity contribution in [2.75, 3.05) is 42.3 Å². The number of nitrogens with zero attached hydrogens (tertiary/aromatic N) is 3. The van der Waals surface area contributed by atoms with Crippen LogP contribution in [0.1, 0.15) is 49.7 Å². The highest BCUT2D eigenvalue weighted by molar-refractivity contribution is 6.84. The molecule has 2 atom stereocenters. The maximum absolute atomic E-state index is 3.90. The molecule has 2 unspecified atom stereocenters. The monoisotopic (exact) mass is 477 g/mol. The van der Waals surface area contributed by atoms with Gasteiger partial charge in [-0.2, -0.15) is 0 Å². The van der Waals surface area contributed by atoms with Crippen LogP contribution in [-0.4, -0.2) is 64.5 Å². The molecule has 0 N–H and O–H groups in total. The van der Waals surface area contributed by atoms with Crippen LogP contribution in [0, 0.1) is 5.92 Å². The standard InChI is InChI=1S/C30H47N3Si/c1-9-26(2)16-12-10-13-19-29(28-17-14-11-15-18-28)23-20-27-21-24-30(25-22-27)34(31(3)4,32(5)6)33(7)8/h9-11,13-15,17-18,21-22,24-26,29H,1,12,16,19-20,23H2,2-8H3/b13-10+. The summed E-state index contributed by atoms with van der Waals surface area (Å²) in [6.07, 6.45) is 12.5. The van der Waals surface area contributed by atoms with E-state index in [9.17, 15) is 0 Å². The third-order valence-corrected chi connectivity index (χ3v) is 11.9. The zero-order valence-corrected chi connectivity index (χ0v) is 23.7. The highest BCUT2D eigenvalue weighted by Crippen LogP contribution is 2.26. The molecule has 2 rings (SSSR count). The van der Waals surface area contributed by atoms with Gasteiger partial charge in [-0.05, 0) is 103 Å². The quantitative estimate of drug-likeness (QED) is 0.252. The second-order valence-electron chi connectivity index (χ2n) is 10.2. The Kier molecular flexibility index (Phi) is 11.5. The minimum atomic E-state index is -2.08. The van der Waals surface area contributed by atoms with Crippen molar-refractivity contribution in [3.63, 3.8) is 0 Å². The van der Waals surface area contributed by atoms with Crippen molar-refractivity contribution in [2.45, 2.75) is 44.9 Å². The van der Waals surface area contributed by atoms with Crippen LogP contribution >= 0.6 is 0 Å². The summed E-state index contributed by atoms with van der Waals surface area (Å²) in [6.45, 7) is 6.13. The van der Waals surface area contributed by atoms with Gasteiger partial charge >= 0.3 is 8.56 Å². The highest BCUT2D eigenvalue weighted by Gasteiger charge is 2.44. The van der Waals surface area contributed by atoms with Crippen molar-refractivity contribution >= 4 is 13.7 Å². The van der Waals surface area contributed by atoms with Crippen LogP contribution < -0.4 is 5.19 Å². The molecule has 0 fully saturated rings. The minimum absolute atomic E-state index is 0.549. The van der Waals surface area contributed by atoms with Gasteiger partial charge < -0.3 is 13.7 Å². The molecule has 0 heterocycles. The fourth-order valence-corrected chi connectivity index (χ4v) is 9.77. The molecule has 0 aliphatic heterocycles. The average Bonchev–Trinajstić information content (AvgIpc) is 2.81. The highest BCUT2D eigenvalue weighted by atomic mass is 28.4. The Morgan fingerprint density at radius 1 is 0.794 bits per heavy atom. The van der Waals surface area contributed by atoms with E-state index in [1.54, 1.807) is 0 Å². The summed E-state index contributed by atoms with van der Waals surface area (Å²) in [4.78, 5) is 0. The molecule has 4 heteroatoms. The van der Waals surface area contributed by atoms with Gasteiger partial charge in [-0.3, -0.25) is 0 Å². The van der Waals surface area contributed by atoms with Gasteiger partial charge in [0.15, 0.2) is 0 Å². The van der Waals surface area contributed by atoms with Crippen molar-refractivity contribution in [3.05, 3.63) is 90.5 Å². The fourth-order valence-electron chi connectivity index (χ4n) is 5.21. The Morgan fingerprint density at radius 2 is 1.38 bits per heavy atom. The van der Waals surface area contributed by atoms with E-state index in [4.69, 9.17) is 0 Å². The van der Waals surface area contributed by atoms with E-state index >= 15 is 0 Å². The van der Waals surface area contributed by atoms with Gasteiger partial charge in [-0.15, -0.1) is 6.58 Å². The van der Waals surface area contributed by atoms with E-state index in [2.05, 4.69) is 136 Å². The largest absolute Gasteiger partial charge is 0.322 e. The van der Waals surface area contributed by atoms with Crippen molar-refractivity contribution in [1.82, 2.24) is 13.7 Å². The smallest absolute Gasteiger partial charge is 0.301 e. The summed E-state index contributed by atoms with van der Waals surface area (Å²) >= 11 is 0. The predicted molar refractivity (Wildman–Crippen MR) is 153 cm³/mol. The van der Waals surface area contributed by atoms with E-state index in [1.165, 1.54) is 22.7 Å². The van der Waals surface area contributed by atoms with Crippen LogP contribution in [-0.2, 0) is 6.42 Å². The van der Waals surface area contributed by atoms with Gasteiger partial charge in [0.1, 0.15) is 0 Å². The Hall–Kier alpha value is -1.98. The van der Waals surface area contributed by atoms with Crippen LogP contribution in [0.3, 0.4) is 0 Å². The van der Waals surface area contributed by atoms with Gasteiger partial charge in [0.05, 0.1) is 0 Å². The number of allylic oxidation sites excluding steroid dienone is 3. The maximum atomic E-state index is 3.90. The number of benzene rings is 2. The molecule has 0 aromatic heterocycles. The van der Waals surface area contributed by atoms with Crippen molar-refractivity contribution in [3.8, 4) is 0 Å². The summed E-state index contributed by atoms with van der Waals surface area (Å²) in [5.41, 5.74) is 2.87. The first-order valence-corrected chi connectivity index (χ1v) is 14.5. The molecule has 34 heavy (non-hydrogen) atoms. The summed E-state index contributed by atoms with van der Waals surface area (Å²) < 4.78 is 7.24. The maximum Gasteiger partial charge on any atom is 0.322 e. The molecule has 2 aromatic rings. The molecule has 0 aliphatic carbocycles. The second kappa shape index (κ2) is 13.8. The number of hydrogen-bond donors (Lipinski definition) is 0.